The van der Waals surface area contributed by atoms with Crippen LogP contribution in [0.25, 0.3) is 0 Å². The van der Waals surface area contributed by atoms with Crippen molar-refractivity contribution in [3.63, 3.8) is 0 Å². The van der Waals surface area contributed by atoms with Crippen LogP contribution in [0.2, 0.25) is 5.15 Å². The van der Waals surface area contributed by atoms with Crippen LogP contribution in [0, 0.1) is 0 Å². The minimum absolute atomic E-state index is 0.148. The van der Waals surface area contributed by atoms with Crippen LogP contribution >= 0.6 is 11.6 Å². The maximum atomic E-state index is 12.3. The number of hydrogen-bond donors (Lipinski definition) is 1. The van der Waals surface area contributed by atoms with Gasteiger partial charge in [-0.1, -0.05) is 24.9 Å². The van der Waals surface area contributed by atoms with Crippen molar-refractivity contribution in [3.05, 3.63) is 49.8 Å². The average Bonchev–Trinajstić information content (AvgIpc) is 2.80. The molecule has 0 bridgehead atoms. The summed E-state index contributed by atoms with van der Waals surface area (Å²) in [7, 11) is 1.87. The first kappa shape index (κ1) is 14.6. The maximum absolute atomic E-state index is 12.3. The molecular formula is C13H17ClN4O2. The van der Waals surface area contributed by atoms with E-state index in [-0.39, 0.29) is 17.3 Å². The molecule has 2 aromatic rings. The van der Waals surface area contributed by atoms with Crippen LogP contribution < -0.4 is 11.2 Å². The second-order valence-electron chi connectivity index (χ2n) is 4.63. The van der Waals surface area contributed by atoms with Gasteiger partial charge in [0.05, 0.1) is 5.56 Å². The highest BCUT2D eigenvalue weighted by Gasteiger charge is 2.12. The summed E-state index contributed by atoms with van der Waals surface area (Å²) in [5.41, 5.74) is -0.322. The van der Waals surface area contributed by atoms with Crippen LogP contribution in [-0.2, 0) is 26.4 Å². The van der Waals surface area contributed by atoms with Gasteiger partial charge in [-0.15, -0.1) is 0 Å². The van der Waals surface area contributed by atoms with Crippen LogP contribution in [-0.4, -0.2) is 19.1 Å². The van der Waals surface area contributed by atoms with E-state index in [0.717, 1.165) is 12.2 Å². The molecule has 2 aromatic heterocycles. The van der Waals surface area contributed by atoms with E-state index in [1.807, 2.05) is 24.7 Å². The Balaban J connectivity index is 2.32. The van der Waals surface area contributed by atoms with Crippen LogP contribution in [0.5, 0.6) is 0 Å². The molecule has 0 aliphatic heterocycles. The molecule has 1 N–H and O–H groups in total. The van der Waals surface area contributed by atoms with Crippen LogP contribution in [0.15, 0.2) is 22.0 Å². The summed E-state index contributed by atoms with van der Waals surface area (Å²) in [5.74, 6) is 0.822. The van der Waals surface area contributed by atoms with Gasteiger partial charge in [0.1, 0.15) is 11.0 Å². The highest BCUT2D eigenvalue weighted by molar-refractivity contribution is 6.30. The third-order valence-corrected chi connectivity index (χ3v) is 3.53. The SMILES string of the molecule is CCCc1c(Cl)[nH]c(=O)n(CCc2nccn2C)c1=O. The Bertz CT molecular complexity index is 714. The average molecular weight is 297 g/mol. The normalized spacial score (nSPS) is 10.9. The summed E-state index contributed by atoms with van der Waals surface area (Å²) >= 11 is 5.93. The van der Waals surface area contributed by atoms with Crippen molar-refractivity contribution in [3.8, 4) is 0 Å². The molecule has 108 valence electrons. The van der Waals surface area contributed by atoms with Gasteiger partial charge in [-0.25, -0.2) is 9.78 Å². The van der Waals surface area contributed by atoms with Crippen LogP contribution in [0.4, 0.5) is 0 Å². The Labute approximate surface area is 121 Å². The zero-order valence-electron chi connectivity index (χ0n) is 11.5. The van der Waals surface area contributed by atoms with Crippen molar-refractivity contribution < 1.29 is 0 Å². The van der Waals surface area contributed by atoms with Gasteiger partial charge in [0.15, 0.2) is 0 Å². The molecule has 0 fully saturated rings. The van der Waals surface area contributed by atoms with Gasteiger partial charge >= 0.3 is 5.69 Å². The summed E-state index contributed by atoms with van der Waals surface area (Å²) in [6, 6.07) is 0. The predicted octanol–water partition coefficient (Wildman–Crippen LogP) is 1.12. The van der Waals surface area contributed by atoms with Crippen molar-refractivity contribution in [2.45, 2.75) is 32.7 Å². The fourth-order valence-electron chi connectivity index (χ4n) is 2.10. The molecule has 0 aromatic carbocycles. The maximum Gasteiger partial charge on any atom is 0.329 e. The lowest BCUT2D eigenvalue weighted by molar-refractivity contribution is 0.593. The molecule has 7 heteroatoms. The smallest absolute Gasteiger partial charge is 0.329 e. The lowest BCUT2D eigenvalue weighted by Crippen LogP contribution is -2.38. The Kier molecular flexibility index (Phi) is 4.44. The summed E-state index contributed by atoms with van der Waals surface area (Å²) in [5, 5.41) is 0.148. The summed E-state index contributed by atoms with van der Waals surface area (Å²) in [6.07, 6.45) is 5.37. The first-order valence-electron chi connectivity index (χ1n) is 6.52. The highest BCUT2D eigenvalue weighted by atomic mass is 35.5. The summed E-state index contributed by atoms with van der Waals surface area (Å²) < 4.78 is 3.05. The molecule has 0 amide bonds. The fraction of sp³-hybridized carbons (Fsp3) is 0.462. The first-order valence-corrected chi connectivity index (χ1v) is 6.90. The van der Waals surface area contributed by atoms with E-state index in [0.29, 0.717) is 18.4 Å². The number of nitrogens with one attached hydrogen (secondary N) is 1. The quantitative estimate of drug-likeness (QED) is 0.840. The number of nitrogens with zero attached hydrogens (tertiary/aromatic N) is 3. The minimum atomic E-state index is -0.478. The van der Waals surface area contributed by atoms with Crippen molar-refractivity contribution >= 4 is 11.6 Å². The molecule has 0 atom stereocenters. The number of aryl methyl sites for hydroxylation is 2. The lowest BCUT2D eigenvalue weighted by Gasteiger charge is -2.08. The first-order chi connectivity index (χ1) is 9.54. The lowest BCUT2D eigenvalue weighted by atomic mass is 10.2. The number of halogens is 1. The monoisotopic (exact) mass is 296 g/mol. The Hall–Kier alpha value is -1.82. The number of rotatable bonds is 5. The molecular weight excluding hydrogens is 280 g/mol. The van der Waals surface area contributed by atoms with E-state index in [1.54, 1.807) is 6.20 Å². The number of H-pyrrole nitrogens is 1. The zero-order chi connectivity index (χ0) is 14.7. The van der Waals surface area contributed by atoms with Crippen LogP contribution in [0.1, 0.15) is 24.7 Å². The van der Waals surface area contributed by atoms with E-state index >= 15 is 0 Å². The molecule has 0 aliphatic rings. The number of imidazole rings is 1. The number of hydrogen-bond acceptors (Lipinski definition) is 3. The molecule has 0 saturated heterocycles. The topological polar surface area (TPSA) is 72.7 Å². The minimum Gasteiger partial charge on any atom is -0.338 e. The molecule has 6 nitrogen and oxygen atoms in total. The van der Waals surface area contributed by atoms with Gasteiger partial charge < -0.3 is 4.57 Å². The van der Waals surface area contributed by atoms with Crippen molar-refractivity contribution in [1.82, 2.24) is 19.1 Å². The summed E-state index contributed by atoms with van der Waals surface area (Å²) in [6.45, 7) is 2.24. The molecule has 20 heavy (non-hydrogen) atoms. The Morgan fingerprint density at radius 1 is 1.35 bits per heavy atom. The summed E-state index contributed by atoms with van der Waals surface area (Å²) in [4.78, 5) is 30.8. The molecule has 0 saturated carbocycles. The second kappa shape index (κ2) is 6.09. The van der Waals surface area contributed by atoms with Gasteiger partial charge in [-0.2, -0.15) is 0 Å². The van der Waals surface area contributed by atoms with E-state index < -0.39 is 5.69 Å². The Morgan fingerprint density at radius 2 is 2.10 bits per heavy atom. The number of aromatic amines is 1. The molecule has 0 radical (unpaired) electrons. The Morgan fingerprint density at radius 3 is 2.70 bits per heavy atom. The van der Waals surface area contributed by atoms with Crippen molar-refractivity contribution in [2.24, 2.45) is 7.05 Å². The van der Waals surface area contributed by atoms with Gasteiger partial charge in [-0.05, 0) is 6.42 Å². The molecule has 0 spiro atoms. The van der Waals surface area contributed by atoms with E-state index in [1.165, 1.54) is 4.57 Å². The zero-order valence-corrected chi connectivity index (χ0v) is 12.3. The second-order valence-corrected chi connectivity index (χ2v) is 5.01. The van der Waals surface area contributed by atoms with Crippen LogP contribution in [0.3, 0.4) is 0 Å². The molecule has 0 unspecified atom stereocenters. The number of aromatic nitrogens is 4. The van der Waals surface area contributed by atoms with Gasteiger partial charge in [0.2, 0.25) is 0 Å². The van der Waals surface area contributed by atoms with Gasteiger partial charge in [-0.3, -0.25) is 14.3 Å². The largest absolute Gasteiger partial charge is 0.338 e. The van der Waals surface area contributed by atoms with Crippen molar-refractivity contribution in [1.29, 1.82) is 0 Å². The van der Waals surface area contributed by atoms with Crippen molar-refractivity contribution in [2.75, 3.05) is 0 Å². The van der Waals surface area contributed by atoms with Gasteiger partial charge in [0, 0.05) is 32.4 Å². The van der Waals surface area contributed by atoms with E-state index in [2.05, 4.69) is 9.97 Å². The highest BCUT2D eigenvalue weighted by Crippen LogP contribution is 2.08. The fourth-order valence-corrected chi connectivity index (χ4v) is 2.36. The van der Waals surface area contributed by atoms with Gasteiger partial charge in [0.25, 0.3) is 5.56 Å². The van der Waals surface area contributed by atoms with E-state index in [4.69, 9.17) is 11.6 Å². The predicted molar refractivity (Wildman–Crippen MR) is 77.2 cm³/mol. The molecule has 2 heterocycles. The van der Waals surface area contributed by atoms with E-state index in [9.17, 15) is 9.59 Å². The molecule has 2 rings (SSSR count). The standard InChI is InChI=1S/C13H17ClN4O2/c1-3-4-9-11(14)16-13(20)18(12(9)19)7-5-10-15-6-8-17(10)2/h6,8H,3-5,7H2,1-2H3,(H,16,20). The third kappa shape index (κ3) is 2.85. The molecule has 0 aliphatic carbocycles. The third-order valence-electron chi connectivity index (χ3n) is 3.21.